The molecule has 0 aliphatic heterocycles. The van der Waals surface area contributed by atoms with Crippen LogP contribution < -0.4 is 10.4 Å². The standard InChI is InChI=1S/C26H32O3/c1-6-8-9-10-18-11-14-22(19(7-2)15-18)23-16-20-12-13-21(29-26(3,4)5)17-24(20)28-25(23)27/h11-17H,6-10H2,1-5H3. The Kier molecular flexibility index (Phi) is 6.46. The molecule has 0 N–H and O–H groups in total. The van der Waals surface area contributed by atoms with Crippen molar-refractivity contribution in [1.82, 2.24) is 0 Å². The van der Waals surface area contributed by atoms with Crippen LogP contribution in [0.4, 0.5) is 0 Å². The average Bonchev–Trinajstić information content (AvgIpc) is 2.66. The largest absolute Gasteiger partial charge is 0.488 e. The van der Waals surface area contributed by atoms with E-state index in [4.69, 9.17) is 9.15 Å². The molecule has 3 rings (SSSR count). The summed E-state index contributed by atoms with van der Waals surface area (Å²) in [4.78, 5) is 12.8. The smallest absolute Gasteiger partial charge is 0.344 e. The van der Waals surface area contributed by atoms with Gasteiger partial charge in [-0.3, -0.25) is 0 Å². The quantitative estimate of drug-likeness (QED) is 0.323. The molecule has 154 valence electrons. The van der Waals surface area contributed by atoms with Crippen LogP contribution in [0.25, 0.3) is 22.1 Å². The van der Waals surface area contributed by atoms with E-state index < -0.39 is 0 Å². The maximum Gasteiger partial charge on any atom is 0.344 e. The summed E-state index contributed by atoms with van der Waals surface area (Å²) < 4.78 is 11.6. The predicted octanol–water partition coefficient (Wildman–Crippen LogP) is 6.93. The van der Waals surface area contributed by atoms with Gasteiger partial charge in [0.05, 0.1) is 5.56 Å². The van der Waals surface area contributed by atoms with Gasteiger partial charge in [0.1, 0.15) is 16.9 Å². The van der Waals surface area contributed by atoms with Crippen molar-refractivity contribution in [2.24, 2.45) is 0 Å². The number of rotatable bonds is 7. The third-order valence-corrected chi connectivity index (χ3v) is 5.04. The normalized spacial score (nSPS) is 11.8. The molecule has 0 saturated carbocycles. The second-order valence-corrected chi connectivity index (χ2v) is 8.66. The Labute approximate surface area is 173 Å². The summed E-state index contributed by atoms with van der Waals surface area (Å²) in [6.45, 7) is 10.3. The van der Waals surface area contributed by atoms with E-state index in [0.29, 0.717) is 16.9 Å². The van der Waals surface area contributed by atoms with Gasteiger partial charge in [0.25, 0.3) is 0 Å². The van der Waals surface area contributed by atoms with E-state index in [1.165, 1.54) is 30.4 Å². The first-order chi connectivity index (χ1) is 13.8. The van der Waals surface area contributed by atoms with E-state index in [0.717, 1.165) is 23.8 Å². The number of hydrogen-bond donors (Lipinski definition) is 0. The molecule has 0 fully saturated rings. The molecule has 0 aliphatic rings. The highest BCUT2D eigenvalue weighted by Crippen LogP contribution is 2.29. The van der Waals surface area contributed by atoms with Crippen molar-refractivity contribution in [3.8, 4) is 16.9 Å². The van der Waals surface area contributed by atoms with Gasteiger partial charge < -0.3 is 9.15 Å². The zero-order valence-corrected chi connectivity index (χ0v) is 18.3. The average molecular weight is 393 g/mol. The van der Waals surface area contributed by atoms with Crippen LogP contribution in [-0.4, -0.2) is 5.60 Å². The first-order valence-electron chi connectivity index (χ1n) is 10.7. The van der Waals surface area contributed by atoms with Gasteiger partial charge in [-0.05, 0) is 74.9 Å². The third kappa shape index (κ3) is 5.29. The van der Waals surface area contributed by atoms with Crippen LogP contribution in [0.5, 0.6) is 5.75 Å². The fourth-order valence-electron chi connectivity index (χ4n) is 3.63. The molecular weight excluding hydrogens is 360 g/mol. The van der Waals surface area contributed by atoms with Crippen molar-refractivity contribution in [1.29, 1.82) is 0 Å². The maximum atomic E-state index is 12.8. The first kappa shape index (κ1) is 21.2. The molecule has 3 nitrogen and oxygen atoms in total. The minimum Gasteiger partial charge on any atom is -0.488 e. The van der Waals surface area contributed by atoms with E-state index in [1.54, 1.807) is 6.07 Å². The van der Waals surface area contributed by atoms with Gasteiger partial charge in [0, 0.05) is 11.5 Å². The zero-order chi connectivity index (χ0) is 21.0. The lowest BCUT2D eigenvalue weighted by Gasteiger charge is -2.21. The molecule has 3 heteroatoms. The Bertz CT molecular complexity index is 1040. The summed E-state index contributed by atoms with van der Waals surface area (Å²) in [5.74, 6) is 0.701. The Morgan fingerprint density at radius 2 is 1.72 bits per heavy atom. The molecular formula is C26H32O3. The minimum atomic E-state index is -0.307. The van der Waals surface area contributed by atoms with Crippen molar-refractivity contribution in [2.75, 3.05) is 0 Å². The van der Waals surface area contributed by atoms with Crippen molar-refractivity contribution in [2.45, 2.75) is 72.3 Å². The molecule has 0 aliphatic carbocycles. The fraction of sp³-hybridized carbons (Fsp3) is 0.423. The monoisotopic (exact) mass is 392 g/mol. The minimum absolute atomic E-state index is 0.303. The molecule has 0 radical (unpaired) electrons. The van der Waals surface area contributed by atoms with Gasteiger partial charge in [-0.25, -0.2) is 4.79 Å². The number of fused-ring (bicyclic) bond motifs is 1. The summed E-state index contributed by atoms with van der Waals surface area (Å²) in [6, 6.07) is 14.1. The van der Waals surface area contributed by atoms with Crippen molar-refractivity contribution in [3.05, 3.63) is 64.0 Å². The molecule has 1 heterocycles. The van der Waals surface area contributed by atoms with Crippen LogP contribution in [-0.2, 0) is 12.8 Å². The van der Waals surface area contributed by atoms with Gasteiger partial charge in [-0.15, -0.1) is 0 Å². The van der Waals surface area contributed by atoms with Crippen LogP contribution in [0, 0.1) is 0 Å². The van der Waals surface area contributed by atoms with Crippen molar-refractivity contribution < 1.29 is 9.15 Å². The van der Waals surface area contributed by atoms with Crippen LogP contribution in [0.3, 0.4) is 0 Å². The lowest BCUT2D eigenvalue weighted by Crippen LogP contribution is -2.22. The van der Waals surface area contributed by atoms with Crippen LogP contribution in [0.1, 0.15) is 65.0 Å². The highest BCUT2D eigenvalue weighted by atomic mass is 16.5. The van der Waals surface area contributed by atoms with Crippen molar-refractivity contribution >= 4 is 11.0 Å². The topological polar surface area (TPSA) is 39.4 Å². The Balaban J connectivity index is 1.98. The molecule has 0 atom stereocenters. The summed E-state index contributed by atoms with van der Waals surface area (Å²) in [6.07, 6.45) is 5.64. The lowest BCUT2D eigenvalue weighted by molar-refractivity contribution is 0.131. The summed E-state index contributed by atoms with van der Waals surface area (Å²) >= 11 is 0. The van der Waals surface area contributed by atoms with E-state index >= 15 is 0 Å². The van der Waals surface area contributed by atoms with Gasteiger partial charge in [0.15, 0.2) is 0 Å². The van der Waals surface area contributed by atoms with E-state index in [2.05, 4.69) is 32.0 Å². The van der Waals surface area contributed by atoms with Crippen LogP contribution in [0.2, 0.25) is 0 Å². The predicted molar refractivity (Wildman–Crippen MR) is 121 cm³/mol. The highest BCUT2D eigenvalue weighted by Gasteiger charge is 2.15. The molecule has 0 bridgehead atoms. The van der Waals surface area contributed by atoms with Crippen molar-refractivity contribution in [3.63, 3.8) is 0 Å². The molecule has 0 spiro atoms. The number of unbranched alkanes of at least 4 members (excludes halogenated alkanes) is 2. The number of ether oxygens (including phenoxy) is 1. The summed E-state index contributed by atoms with van der Waals surface area (Å²) in [5.41, 5.74) is 4.07. The highest BCUT2D eigenvalue weighted by molar-refractivity contribution is 5.83. The van der Waals surface area contributed by atoms with E-state index in [9.17, 15) is 4.79 Å². The Morgan fingerprint density at radius 3 is 2.41 bits per heavy atom. The molecule has 2 aromatic carbocycles. The number of hydrogen-bond acceptors (Lipinski definition) is 3. The molecule has 1 aromatic heterocycles. The molecule has 29 heavy (non-hydrogen) atoms. The van der Waals surface area contributed by atoms with Crippen LogP contribution >= 0.6 is 0 Å². The second-order valence-electron chi connectivity index (χ2n) is 8.66. The zero-order valence-electron chi connectivity index (χ0n) is 18.3. The molecule has 0 saturated heterocycles. The molecule has 0 amide bonds. The summed E-state index contributed by atoms with van der Waals surface area (Å²) in [7, 11) is 0. The Morgan fingerprint density at radius 1 is 0.931 bits per heavy atom. The number of aryl methyl sites for hydroxylation is 2. The first-order valence-corrected chi connectivity index (χ1v) is 10.7. The van der Waals surface area contributed by atoms with Gasteiger partial charge in [-0.2, -0.15) is 0 Å². The van der Waals surface area contributed by atoms with Gasteiger partial charge in [0.2, 0.25) is 0 Å². The molecule has 0 unspecified atom stereocenters. The SMILES string of the molecule is CCCCCc1ccc(-c2cc3ccc(OC(C)(C)C)cc3oc2=O)c(CC)c1. The molecule has 3 aromatic rings. The fourth-order valence-corrected chi connectivity index (χ4v) is 3.63. The number of benzene rings is 2. The third-order valence-electron chi connectivity index (χ3n) is 5.04. The van der Waals surface area contributed by atoms with E-state index in [1.807, 2.05) is 39.0 Å². The van der Waals surface area contributed by atoms with Gasteiger partial charge >= 0.3 is 5.63 Å². The lowest BCUT2D eigenvalue weighted by atomic mass is 9.94. The second kappa shape index (κ2) is 8.86. The maximum absolute atomic E-state index is 12.8. The Hall–Kier alpha value is -2.55. The van der Waals surface area contributed by atoms with Crippen LogP contribution in [0.15, 0.2) is 51.7 Å². The summed E-state index contributed by atoms with van der Waals surface area (Å²) in [5, 5.41) is 0.898. The van der Waals surface area contributed by atoms with Gasteiger partial charge in [-0.1, -0.05) is 44.9 Å². The van der Waals surface area contributed by atoms with E-state index in [-0.39, 0.29) is 11.2 Å².